The number of fused-ring (bicyclic) bond motifs is 1. The summed E-state index contributed by atoms with van der Waals surface area (Å²) in [7, 11) is 0. The highest BCUT2D eigenvalue weighted by molar-refractivity contribution is 6.31. The predicted molar refractivity (Wildman–Crippen MR) is 146 cm³/mol. The van der Waals surface area contributed by atoms with Crippen molar-refractivity contribution in [1.82, 2.24) is 9.55 Å². The van der Waals surface area contributed by atoms with E-state index in [1.807, 2.05) is 55.5 Å². The standard InChI is InChI=1S/C29H21Cl2N3O2/c1-18-32-27-14-13-25(33-28(35)22-3-2-4-24(31)15-22)16-26(27)29(36)34(18)17-19-5-7-20(8-6-19)21-9-11-23(30)12-10-21/h2-16H,17H2,1H3,(H,33,35). The third-order valence-electron chi connectivity index (χ3n) is 5.96. The van der Waals surface area contributed by atoms with Crippen LogP contribution in [0, 0.1) is 6.92 Å². The number of amides is 1. The van der Waals surface area contributed by atoms with Crippen LogP contribution < -0.4 is 10.9 Å². The number of carbonyl (C=O) groups excluding carboxylic acids is 1. The lowest BCUT2D eigenvalue weighted by Crippen LogP contribution is -2.24. The lowest BCUT2D eigenvalue weighted by Gasteiger charge is -2.13. The van der Waals surface area contributed by atoms with Gasteiger partial charge in [-0.2, -0.15) is 0 Å². The Morgan fingerprint density at radius 3 is 2.25 bits per heavy atom. The maximum atomic E-state index is 13.4. The maximum absolute atomic E-state index is 13.4. The molecular weight excluding hydrogens is 493 g/mol. The van der Waals surface area contributed by atoms with E-state index in [9.17, 15) is 9.59 Å². The largest absolute Gasteiger partial charge is 0.322 e. The Hall–Kier alpha value is -3.93. The van der Waals surface area contributed by atoms with Crippen molar-refractivity contribution in [2.75, 3.05) is 5.32 Å². The highest BCUT2D eigenvalue weighted by Crippen LogP contribution is 2.23. The van der Waals surface area contributed by atoms with Gasteiger partial charge < -0.3 is 5.32 Å². The molecule has 178 valence electrons. The molecule has 0 aliphatic carbocycles. The van der Waals surface area contributed by atoms with Gasteiger partial charge >= 0.3 is 0 Å². The van der Waals surface area contributed by atoms with Crippen LogP contribution >= 0.6 is 23.2 Å². The van der Waals surface area contributed by atoms with E-state index in [0.717, 1.165) is 16.7 Å². The fourth-order valence-electron chi connectivity index (χ4n) is 4.06. The van der Waals surface area contributed by atoms with Crippen molar-refractivity contribution in [1.29, 1.82) is 0 Å². The number of hydrogen-bond donors (Lipinski definition) is 1. The number of anilines is 1. The van der Waals surface area contributed by atoms with Crippen LogP contribution in [0.3, 0.4) is 0 Å². The molecule has 1 heterocycles. The zero-order valence-electron chi connectivity index (χ0n) is 19.3. The van der Waals surface area contributed by atoms with Crippen LogP contribution in [-0.4, -0.2) is 15.5 Å². The van der Waals surface area contributed by atoms with Gasteiger partial charge in [-0.1, -0.05) is 65.7 Å². The quantitative estimate of drug-likeness (QED) is 0.275. The monoisotopic (exact) mass is 513 g/mol. The number of carbonyl (C=O) groups is 1. The number of aryl methyl sites for hydroxylation is 1. The minimum absolute atomic E-state index is 0.168. The summed E-state index contributed by atoms with van der Waals surface area (Å²) in [5, 5.41) is 4.44. The van der Waals surface area contributed by atoms with E-state index in [1.54, 1.807) is 47.0 Å². The highest BCUT2D eigenvalue weighted by Gasteiger charge is 2.12. The molecule has 1 aromatic heterocycles. The Bertz CT molecular complexity index is 1640. The lowest BCUT2D eigenvalue weighted by molar-refractivity contribution is 0.102. The van der Waals surface area contributed by atoms with Crippen LogP contribution in [0.5, 0.6) is 0 Å². The first-order valence-corrected chi connectivity index (χ1v) is 12.1. The minimum Gasteiger partial charge on any atom is -0.322 e. The molecule has 0 saturated heterocycles. The molecule has 4 aromatic carbocycles. The fraction of sp³-hybridized carbons (Fsp3) is 0.0690. The van der Waals surface area contributed by atoms with E-state index in [0.29, 0.717) is 44.6 Å². The number of hydrogen-bond acceptors (Lipinski definition) is 3. The SMILES string of the molecule is Cc1nc2ccc(NC(=O)c3cccc(Cl)c3)cc2c(=O)n1Cc1ccc(-c2ccc(Cl)cc2)cc1. The number of benzene rings is 4. The van der Waals surface area contributed by atoms with E-state index in [1.165, 1.54) is 0 Å². The van der Waals surface area contributed by atoms with Crippen molar-refractivity contribution in [2.45, 2.75) is 13.5 Å². The van der Waals surface area contributed by atoms with Crippen LogP contribution in [0.25, 0.3) is 22.0 Å². The van der Waals surface area contributed by atoms with Gasteiger partial charge in [-0.3, -0.25) is 14.2 Å². The van der Waals surface area contributed by atoms with Gasteiger partial charge in [0.25, 0.3) is 11.5 Å². The second-order valence-electron chi connectivity index (χ2n) is 8.45. The molecule has 0 radical (unpaired) electrons. The van der Waals surface area contributed by atoms with Crippen LogP contribution in [-0.2, 0) is 6.54 Å². The van der Waals surface area contributed by atoms with Crippen LogP contribution in [0.15, 0.2) is 95.8 Å². The molecule has 0 atom stereocenters. The Kier molecular flexibility index (Phi) is 6.59. The van der Waals surface area contributed by atoms with Gasteiger partial charge in [0.1, 0.15) is 5.82 Å². The Balaban J connectivity index is 1.42. The third-order valence-corrected chi connectivity index (χ3v) is 6.45. The summed E-state index contributed by atoms with van der Waals surface area (Å²) in [6, 6.07) is 27.5. The fourth-order valence-corrected chi connectivity index (χ4v) is 4.37. The van der Waals surface area contributed by atoms with Gasteiger partial charge in [0, 0.05) is 21.3 Å². The summed E-state index contributed by atoms with van der Waals surface area (Å²) in [5.41, 5.74) is 4.46. The molecule has 7 heteroatoms. The molecule has 0 aliphatic heterocycles. The van der Waals surface area contributed by atoms with Gasteiger partial charge in [0.2, 0.25) is 0 Å². The average molecular weight is 514 g/mol. The number of aromatic nitrogens is 2. The molecule has 0 unspecified atom stereocenters. The number of nitrogens with one attached hydrogen (secondary N) is 1. The molecule has 5 aromatic rings. The summed E-state index contributed by atoms with van der Waals surface area (Å²) in [4.78, 5) is 30.6. The van der Waals surface area contributed by atoms with Gasteiger partial charge in [-0.25, -0.2) is 4.98 Å². The molecule has 0 spiro atoms. The van der Waals surface area contributed by atoms with Crippen LogP contribution in [0.2, 0.25) is 10.0 Å². The van der Waals surface area contributed by atoms with Crippen molar-refractivity contribution in [2.24, 2.45) is 0 Å². The molecule has 0 fully saturated rings. The van der Waals surface area contributed by atoms with Crippen LogP contribution in [0.1, 0.15) is 21.7 Å². The summed E-state index contributed by atoms with van der Waals surface area (Å²) in [5.74, 6) is 0.308. The van der Waals surface area contributed by atoms with Gasteiger partial charge in [-0.05, 0) is 72.1 Å². The molecule has 0 aliphatic rings. The highest BCUT2D eigenvalue weighted by atomic mass is 35.5. The molecular formula is C29H21Cl2N3O2. The number of rotatable bonds is 5. The number of nitrogens with zero attached hydrogens (tertiary/aromatic N) is 2. The summed E-state index contributed by atoms with van der Waals surface area (Å²) in [6.07, 6.45) is 0. The molecule has 1 N–H and O–H groups in total. The third kappa shape index (κ3) is 5.03. The van der Waals surface area contributed by atoms with Gasteiger partial charge in [0.05, 0.1) is 17.4 Å². The second kappa shape index (κ2) is 9.97. The topological polar surface area (TPSA) is 64.0 Å². The Morgan fingerprint density at radius 1 is 0.861 bits per heavy atom. The minimum atomic E-state index is -0.307. The molecule has 0 saturated carbocycles. The van der Waals surface area contributed by atoms with E-state index >= 15 is 0 Å². The van der Waals surface area contributed by atoms with Crippen molar-refractivity contribution in [3.63, 3.8) is 0 Å². The molecule has 36 heavy (non-hydrogen) atoms. The molecule has 0 bridgehead atoms. The predicted octanol–water partition coefficient (Wildman–Crippen LogP) is 6.98. The van der Waals surface area contributed by atoms with Gasteiger partial charge in [0.15, 0.2) is 0 Å². The van der Waals surface area contributed by atoms with Gasteiger partial charge in [-0.15, -0.1) is 0 Å². The number of halogens is 2. The van der Waals surface area contributed by atoms with Crippen molar-refractivity contribution < 1.29 is 4.79 Å². The van der Waals surface area contributed by atoms with E-state index in [-0.39, 0.29) is 11.5 Å². The Labute approximate surface area is 218 Å². The zero-order chi connectivity index (χ0) is 25.2. The molecule has 1 amide bonds. The van der Waals surface area contributed by atoms with E-state index in [4.69, 9.17) is 23.2 Å². The first kappa shape index (κ1) is 23.8. The summed E-state index contributed by atoms with van der Waals surface area (Å²) < 4.78 is 1.64. The van der Waals surface area contributed by atoms with E-state index in [2.05, 4.69) is 10.3 Å². The smallest absolute Gasteiger partial charge is 0.261 e. The summed E-state index contributed by atoms with van der Waals surface area (Å²) in [6.45, 7) is 2.20. The normalized spacial score (nSPS) is 11.0. The van der Waals surface area contributed by atoms with Crippen molar-refractivity contribution in [3.05, 3.63) is 128 Å². The first-order chi connectivity index (χ1) is 17.4. The molecule has 5 rings (SSSR count). The maximum Gasteiger partial charge on any atom is 0.261 e. The van der Waals surface area contributed by atoms with Crippen LogP contribution in [0.4, 0.5) is 5.69 Å². The van der Waals surface area contributed by atoms with E-state index < -0.39 is 0 Å². The Morgan fingerprint density at radius 2 is 1.56 bits per heavy atom. The summed E-state index contributed by atoms with van der Waals surface area (Å²) >= 11 is 12.0. The lowest BCUT2D eigenvalue weighted by atomic mass is 10.0. The average Bonchev–Trinajstić information content (AvgIpc) is 2.88. The first-order valence-electron chi connectivity index (χ1n) is 11.3. The second-order valence-corrected chi connectivity index (χ2v) is 9.32. The zero-order valence-corrected chi connectivity index (χ0v) is 20.8. The van der Waals surface area contributed by atoms with Crippen molar-refractivity contribution in [3.8, 4) is 11.1 Å². The molecule has 5 nitrogen and oxygen atoms in total. The van der Waals surface area contributed by atoms with Crippen molar-refractivity contribution >= 4 is 45.7 Å².